The topological polar surface area (TPSA) is 63.1 Å². The lowest BCUT2D eigenvalue weighted by Crippen LogP contribution is -2.18. The van der Waals surface area contributed by atoms with Crippen LogP contribution >= 0.6 is 11.8 Å². The number of amides is 1. The van der Waals surface area contributed by atoms with E-state index in [9.17, 15) is 4.79 Å². The quantitative estimate of drug-likeness (QED) is 0.700. The predicted octanol–water partition coefficient (Wildman–Crippen LogP) is 4.38. The highest BCUT2D eigenvalue weighted by Crippen LogP contribution is 2.40. The van der Waals surface area contributed by atoms with Crippen LogP contribution < -0.4 is 10.2 Å². The molecule has 2 aliphatic rings. The molecule has 0 radical (unpaired) electrons. The van der Waals surface area contributed by atoms with Crippen LogP contribution in [0.5, 0.6) is 0 Å². The molecule has 7 heteroatoms. The summed E-state index contributed by atoms with van der Waals surface area (Å²) in [6.07, 6.45) is 4.89. The van der Waals surface area contributed by atoms with Gasteiger partial charge in [0.2, 0.25) is 5.91 Å². The second-order valence-electron chi connectivity index (χ2n) is 8.13. The average molecular weight is 400 g/mol. The molecule has 0 bridgehead atoms. The van der Waals surface area contributed by atoms with Crippen LogP contribution in [0.4, 0.5) is 11.4 Å². The molecule has 1 aliphatic heterocycles. The third-order valence-electron chi connectivity index (χ3n) is 5.41. The summed E-state index contributed by atoms with van der Waals surface area (Å²) < 4.78 is 2.23. The van der Waals surface area contributed by atoms with Crippen LogP contribution in [0.1, 0.15) is 62.9 Å². The minimum absolute atomic E-state index is 0.00142. The molecule has 1 saturated heterocycles. The zero-order valence-electron chi connectivity index (χ0n) is 16.9. The first kappa shape index (κ1) is 19.3. The number of nitrogens with one attached hydrogen (secondary N) is 1. The van der Waals surface area contributed by atoms with Gasteiger partial charge in [-0.05, 0) is 56.4 Å². The maximum atomic E-state index is 12.5. The molecule has 0 unspecified atom stereocenters. The number of carbonyl (C=O) groups is 1. The van der Waals surface area contributed by atoms with Gasteiger partial charge in [-0.15, -0.1) is 10.2 Å². The summed E-state index contributed by atoms with van der Waals surface area (Å²) in [6, 6.07) is 6.82. The van der Waals surface area contributed by atoms with Crippen molar-refractivity contribution in [3.63, 3.8) is 0 Å². The van der Waals surface area contributed by atoms with Crippen LogP contribution in [0.2, 0.25) is 0 Å². The van der Waals surface area contributed by atoms with Crippen molar-refractivity contribution in [3.8, 4) is 0 Å². The Hall–Kier alpha value is -2.02. The van der Waals surface area contributed by atoms with Gasteiger partial charge in [0.1, 0.15) is 5.82 Å². The van der Waals surface area contributed by atoms with Crippen LogP contribution in [0.15, 0.2) is 23.4 Å². The maximum Gasteiger partial charge on any atom is 0.234 e. The molecule has 1 aromatic heterocycles. The highest BCUT2D eigenvalue weighted by molar-refractivity contribution is 7.99. The summed E-state index contributed by atoms with van der Waals surface area (Å²) in [7, 11) is 0. The molecule has 150 valence electrons. The van der Waals surface area contributed by atoms with E-state index >= 15 is 0 Å². The van der Waals surface area contributed by atoms with Gasteiger partial charge in [-0.1, -0.05) is 25.6 Å². The standard InChI is InChI=1S/C21H29N5OS/c1-14(2)20-23-24-21(26(20)16-6-7-16)28-13-19(27)22-18-9-8-17(12-15(18)3)25-10-4-5-11-25/h8-9,12,14,16H,4-7,10-11,13H2,1-3H3,(H,22,27). The van der Waals surface area contributed by atoms with Crippen molar-refractivity contribution >= 4 is 29.0 Å². The Morgan fingerprint density at radius 3 is 2.64 bits per heavy atom. The van der Waals surface area contributed by atoms with Crippen LogP contribution in [-0.2, 0) is 4.79 Å². The number of aryl methyl sites for hydroxylation is 1. The van der Waals surface area contributed by atoms with Crippen molar-refractivity contribution in [3.05, 3.63) is 29.6 Å². The number of hydrogen-bond donors (Lipinski definition) is 1. The molecule has 1 saturated carbocycles. The molecule has 28 heavy (non-hydrogen) atoms. The highest BCUT2D eigenvalue weighted by Gasteiger charge is 2.30. The molecule has 2 fully saturated rings. The van der Waals surface area contributed by atoms with E-state index < -0.39 is 0 Å². The number of carbonyl (C=O) groups excluding carboxylic acids is 1. The van der Waals surface area contributed by atoms with Crippen LogP contribution in [0.3, 0.4) is 0 Å². The summed E-state index contributed by atoms with van der Waals surface area (Å²) in [5.41, 5.74) is 3.24. The molecule has 1 N–H and O–H groups in total. The molecule has 2 heterocycles. The van der Waals surface area contributed by atoms with Gasteiger partial charge in [0.15, 0.2) is 5.16 Å². The second-order valence-corrected chi connectivity index (χ2v) is 9.07. The van der Waals surface area contributed by atoms with E-state index in [1.807, 2.05) is 6.07 Å². The van der Waals surface area contributed by atoms with E-state index in [1.54, 1.807) is 0 Å². The third kappa shape index (κ3) is 4.19. The fourth-order valence-corrected chi connectivity index (χ4v) is 4.55. The molecule has 2 aromatic rings. The summed E-state index contributed by atoms with van der Waals surface area (Å²) in [5, 5.41) is 12.6. The predicted molar refractivity (Wildman–Crippen MR) is 114 cm³/mol. The van der Waals surface area contributed by atoms with Gasteiger partial charge in [-0.3, -0.25) is 4.79 Å². The van der Waals surface area contributed by atoms with Gasteiger partial charge in [-0.25, -0.2) is 0 Å². The fourth-order valence-electron chi connectivity index (χ4n) is 3.73. The summed E-state index contributed by atoms with van der Waals surface area (Å²) in [4.78, 5) is 14.9. The number of anilines is 2. The first-order valence-corrected chi connectivity index (χ1v) is 11.2. The lowest BCUT2D eigenvalue weighted by Gasteiger charge is -2.19. The van der Waals surface area contributed by atoms with Crippen molar-refractivity contribution in [1.82, 2.24) is 14.8 Å². The monoisotopic (exact) mass is 399 g/mol. The van der Waals surface area contributed by atoms with E-state index in [4.69, 9.17) is 0 Å². The normalized spacial score (nSPS) is 16.8. The van der Waals surface area contributed by atoms with Gasteiger partial charge in [-0.2, -0.15) is 0 Å². The number of benzene rings is 1. The van der Waals surface area contributed by atoms with E-state index in [2.05, 4.69) is 57.9 Å². The SMILES string of the molecule is Cc1cc(N2CCCC2)ccc1NC(=O)CSc1nnc(C(C)C)n1C1CC1. The van der Waals surface area contributed by atoms with E-state index in [1.165, 1.54) is 43.1 Å². The Morgan fingerprint density at radius 1 is 1.25 bits per heavy atom. The Bertz CT molecular complexity index is 852. The zero-order chi connectivity index (χ0) is 19.7. The smallest absolute Gasteiger partial charge is 0.234 e. The minimum atomic E-state index is -0.00142. The molecular formula is C21H29N5OS. The molecule has 4 rings (SSSR count). The van der Waals surface area contributed by atoms with Crippen molar-refractivity contribution in [2.24, 2.45) is 0 Å². The van der Waals surface area contributed by atoms with Gasteiger partial charge < -0.3 is 14.8 Å². The van der Waals surface area contributed by atoms with Crippen molar-refractivity contribution in [2.45, 2.75) is 63.6 Å². The number of nitrogens with zero attached hydrogens (tertiary/aromatic N) is 4. The van der Waals surface area contributed by atoms with Gasteiger partial charge >= 0.3 is 0 Å². The lowest BCUT2D eigenvalue weighted by atomic mass is 10.1. The van der Waals surface area contributed by atoms with E-state index in [0.717, 1.165) is 35.3 Å². The van der Waals surface area contributed by atoms with Crippen LogP contribution in [-0.4, -0.2) is 39.5 Å². The molecule has 1 amide bonds. The van der Waals surface area contributed by atoms with Gasteiger partial charge in [0.05, 0.1) is 5.75 Å². The summed E-state index contributed by atoms with van der Waals surface area (Å²) >= 11 is 1.48. The maximum absolute atomic E-state index is 12.5. The van der Waals surface area contributed by atoms with E-state index in [0.29, 0.717) is 17.7 Å². The molecule has 6 nitrogen and oxygen atoms in total. The lowest BCUT2D eigenvalue weighted by molar-refractivity contribution is -0.113. The Morgan fingerprint density at radius 2 is 2.00 bits per heavy atom. The van der Waals surface area contributed by atoms with E-state index in [-0.39, 0.29) is 5.91 Å². The number of hydrogen-bond acceptors (Lipinski definition) is 5. The Balaban J connectivity index is 1.37. The minimum Gasteiger partial charge on any atom is -0.372 e. The molecular weight excluding hydrogens is 370 g/mol. The highest BCUT2D eigenvalue weighted by atomic mass is 32.2. The third-order valence-corrected chi connectivity index (χ3v) is 6.35. The molecule has 1 aliphatic carbocycles. The number of aromatic nitrogens is 3. The number of rotatable bonds is 7. The molecule has 0 spiro atoms. The second kappa shape index (κ2) is 8.15. The first-order chi connectivity index (χ1) is 13.5. The molecule has 1 aromatic carbocycles. The van der Waals surface area contributed by atoms with Crippen LogP contribution in [0, 0.1) is 6.92 Å². The van der Waals surface area contributed by atoms with Gasteiger partial charge in [0.25, 0.3) is 0 Å². The number of thioether (sulfide) groups is 1. The average Bonchev–Trinajstić information content (AvgIpc) is 3.19. The fraction of sp³-hybridized carbons (Fsp3) is 0.571. The largest absolute Gasteiger partial charge is 0.372 e. The van der Waals surface area contributed by atoms with Gasteiger partial charge in [0, 0.05) is 36.4 Å². The zero-order valence-corrected chi connectivity index (χ0v) is 17.8. The van der Waals surface area contributed by atoms with Crippen molar-refractivity contribution in [2.75, 3.05) is 29.1 Å². The Labute approximate surface area is 171 Å². The summed E-state index contributed by atoms with van der Waals surface area (Å²) in [6.45, 7) is 8.59. The Kier molecular flexibility index (Phi) is 5.62. The van der Waals surface area contributed by atoms with Crippen molar-refractivity contribution in [1.29, 1.82) is 0 Å². The molecule has 0 atom stereocenters. The van der Waals surface area contributed by atoms with Crippen molar-refractivity contribution < 1.29 is 4.79 Å². The summed E-state index contributed by atoms with van der Waals surface area (Å²) in [5.74, 6) is 1.71. The first-order valence-electron chi connectivity index (χ1n) is 10.3. The van der Waals surface area contributed by atoms with Crippen LogP contribution in [0.25, 0.3) is 0 Å².